The lowest BCUT2D eigenvalue weighted by Crippen LogP contribution is -2.35. The number of imidazole rings is 1. The van der Waals surface area contributed by atoms with Gasteiger partial charge in [0.05, 0.1) is 28.3 Å². The second-order valence-corrected chi connectivity index (χ2v) is 5.91. The molecule has 2 aromatic rings. The smallest absolute Gasteiger partial charge is 0.201 e. The van der Waals surface area contributed by atoms with Crippen molar-refractivity contribution in [3.8, 4) is 6.07 Å². The highest BCUT2D eigenvalue weighted by atomic mass is 16.5. The van der Waals surface area contributed by atoms with E-state index >= 15 is 0 Å². The standard InChI is InChI=1S/C15H18N4O/c1-15(2)8-11(5-6-20-15)19-13-7-10(9-16)3-4-12(13)18-14(19)17/h3-4,7,11H,5-6,8H2,1-2H3,(H2,17,18). The van der Waals surface area contributed by atoms with Gasteiger partial charge < -0.3 is 15.0 Å². The summed E-state index contributed by atoms with van der Waals surface area (Å²) in [5, 5.41) is 9.06. The minimum atomic E-state index is -0.154. The molecular weight excluding hydrogens is 252 g/mol. The van der Waals surface area contributed by atoms with Gasteiger partial charge in [-0.3, -0.25) is 0 Å². The second kappa shape index (κ2) is 4.50. The third kappa shape index (κ3) is 2.12. The van der Waals surface area contributed by atoms with Crippen LogP contribution in [-0.4, -0.2) is 21.8 Å². The molecule has 2 heterocycles. The van der Waals surface area contributed by atoms with Gasteiger partial charge in [-0.15, -0.1) is 0 Å². The molecule has 0 aliphatic carbocycles. The third-order valence-electron chi connectivity index (χ3n) is 3.88. The van der Waals surface area contributed by atoms with Gasteiger partial charge in [0, 0.05) is 12.6 Å². The molecule has 1 unspecified atom stereocenters. The first kappa shape index (κ1) is 12.9. The zero-order valence-corrected chi connectivity index (χ0v) is 11.8. The highest BCUT2D eigenvalue weighted by Gasteiger charge is 2.31. The molecule has 5 nitrogen and oxygen atoms in total. The monoisotopic (exact) mass is 270 g/mol. The molecule has 0 saturated carbocycles. The fourth-order valence-corrected chi connectivity index (χ4v) is 2.98. The Morgan fingerprint density at radius 3 is 3.00 bits per heavy atom. The maximum absolute atomic E-state index is 9.06. The molecule has 0 amide bonds. The minimum absolute atomic E-state index is 0.154. The van der Waals surface area contributed by atoms with Gasteiger partial charge in [0.1, 0.15) is 0 Å². The van der Waals surface area contributed by atoms with Crippen LogP contribution >= 0.6 is 0 Å². The second-order valence-electron chi connectivity index (χ2n) is 5.91. The first-order valence-electron chi connectivity index (χ1n) is 6.82. The molecule has 2 N–H and O–H groups in total. The Hall–Kier alpha value is -2.06. The fraction of sp³-hybridized carbons (Fsp3) is 0.467. The third-order valence-corrected chi connectivity index (χ3v) is 3.88. The summed E-state index contributed by atoms with van der Waals surface area (Å²) in [5.74, 6) is 0.512. The summed E-state index contributed by atoms with van der Waals surface area (Å²) in [6.45, 7) is 4.90. The average molecular weight is 270 g/mol. The quantitative estimate of drug-likeness (QED) is 0.864. The highest BCUT2D eigenvalue weighted by Crippen LogP contribution is 2.35. The minimum Gasteiger partial charge on any atom is -0.375 e. The summed E-state index contributed by atoms with van der Waals surface area (Å²) in [4.78, 5) is 4.40. The SMILES string of the molecule is CC1(C)CC(n2c(N)nc3ccc(C#N)cc32)CCO1. The van der Waals surface area contributed by atoms with Crippen LogP contribution in [0.2, 0.25) is 0 Å². The van der Waals surface area contributed by atoms with Gasteiger partial charge in [-0.1, -0.05) is 0 Å². The van der Waals surface area contributed by atoms with Crippen LogP contribution in [0, 0.1) is 11.3 Å². The Morgan fingerprint density at radius 1 is 1.50 bits per heavy atom. The first-order chi connectivity index (χ1) is 9.50. The number of nitrogen functional groups attached to an aromatic ring is 1. The van der Waals surface area contributed by atoms with Crippen LogP contribution in [0.1, 0.15) is 38.3 Å². The molecule has 104 valence electrons. The van der Waals surface area contributed by atoms with E-state index in [-0.39, 0.29) is 11.6 Å². The number of nitrogens with two attached hydrogens (primary N) is 1. The van der Waals surface area contributed by atoms with Crippen LogP contribution in [-0.2, 0) is 4.74 Å². The number of benzene rings is 1. The van der Waals surface area contributed by atoms with Gasteiger partial charge in [-0.2, -0.15) is 5.26 Å². The molecule has 3 rings (SSSR count). The molecule has 1 aliphatic rings. The number of nitrogens with zero attached hydrogens (tertiary/aromatic N) is 3. The topological polar surface area (TPSA) is 76.9 Å². The van der Waals surface area contributed by atoms with Crippen molar-refractivity contribution in [3.05, 3.63) is 23.8 Å². The summed E-state index contributed by atoms with van der Waals surface area (Å²) >= 11 is 0. The number of rotatable bonds is 1. The Kier molecular flexibility index (Phi) is 2.91. The Balaban J connectivity index is 2.10. The Labute approximate surface area is 118 Å². The van der Waals surface area contributed by atoms with Crippen molar-refractivity contribution in [1.82, 2.24) is 9.55 Å². The molecule has 0 radical (unpaired) electrons. The van der Waals surface area contributed by atoms with E-state index in [0.717, 1.165) is 23.9 Å². The van der Waals surface area contributed by atoms with Crippen LogP contribution in [0.25, 0.3) is 11.0 Å². The Morgan fingerprint density at radius 2 is 2.30 bits per heavy atom. The fourth-order valence-electron chi connectivity index (χ4n) is 2.98. The zero-order valence-electron chi connectivity index (χ0n) is 11.8. The van der Waals surface area contributed by atoms with Crippen molar-refractivity contribution in [2.24, 2.45) is 0 Å². The summed E-state index contributed by atoms with van der Waals surface area (Å²) in [7, 11) is 0. The number of hydrogen-bond acceptors (Lipinski definition) is 4. The molecule has 0 bridgehead atoms. The lowest BCUT2D eigenvalue weighted by Gasteiger charge is -2.36. The number of aromatic nitrogens is 2. The molecule has 1 saturated heterocycles. The maximum atomic E-state index is 9.06. The maximum Gasteiger partial charge on any atom is 0.201 e. The van der Waals surface area contributed by atoms with Crippen molar-refractivity contribution < 1.29 is 4.74 Å². The van der Waals surface area contributed by atoms with Crippen LogP contribution in [0.4, 0.5) is 5.95 Å². The van der Waals surface area contributed by atoms with Gasteiger partial charge >= 0.3 is 0 Å². The van der Waals surface area contributed by atoms with E-state index in [1.54, 1.807) is 6.07 Å². The molecule has 1 aliphatic heterocycles. The van der Waals surface area contributed by atoms with Crippen LogP contribution in [0.3, 0.4) is 0 Å². The zero-order chi connectivity index (χ0) is 14.3. The van der Waals surface area contributed by atoms with E-state index in [9.17, 15) is 0 Å². The van der Waals surface area contributed by atoms with Crippen molar-refractivity contribution >= 4 is 17.0 Å². The Bertz CT molecular complexity index is 696. The van der Waals surface area contributed by atoms with Crippen LogP contribution < -0.4 is 5.73 Å². The van der Waals surface area contributed by atoms with Gasteiger partial charge in [0.15, 0.2) is 0 Å². The van der Waals surface area contributed by atoms with E-state index in [0.29, 0.717) is 18.1 Å². The molecule has 1 atom stereocenters. The summed E-state index contributed by atoms with van der Waals surface area (Å²) in [5.41, 5.74) is 8.34. The van der Waals surface area contributed by atoms with Crippen molar-refractivity contribution in [2.75, 3.05) is 12.3 Å². The van der Waals surface area contributed by atoms with Gasteiger partial charge in [0.2, 0.25) is 5.95 Å². The van der Waals surface area contributed by atoms with Gasteiger partial charge in [-0.05, 0) is 44.9 Å². The molecule has 5 heteroatoms. The lowest BCUT2D eigenvalue weighted by atomic mass is 9.93. The average Bonchev–Trinajstić information content (AvgIpc) is 2.72. The summed E-state index contributed by atoms with van der Waals surface area (Å²) < 4.78 is 7.82. The van der Waals surface area contributed by atoms with Crippen LogP contribution in [0.15, 0.2) is 18.2 Å². The first-order valence-corrected chi connectivity index (χ1v) is 6.82. The number of ether oxygens (including phenoxy) is 1. The number of hydrogen-bond donors (Lipinski definition) is 1. The number of fused-ring (bicyclic) bond motifs is 1. The van der Waals surface area contributed by atoms with E-state index in [1.807, 2.05) is 12.1 Å². The van der Waals surface area contributed by atoms with Crippen molar-refractivity contribution in [3.63, 3.8) is 0 Å². The van der Waals surface area contributed by atoms with Crippen molar-refractivity contribution in [2.45, 2.75) is 38.3 Å². The molecule has 1 fully saturated rings. The van der Waals surface area contributed by atoms with E-state index in [4.69, 9.17) is 15.7 Å². The molecule has 0 spiro atoms. The summed E-state index contributed by atoms with van der Waals surface area (Å²) in [6.07, 6.45) is 1.80. The van der Waals surface area contributed by atoms with Crippen molar-refractivity contribution in [1.29, 1.82) is 5.26 Å². The van der Waals surface area contributed by atoms with E-state index in [1.165, 1.54) is 0 Å². The van der Waals surface area contributed by atoms with E-state index < -0.39 is 0 Å². The normalized spacial score (nSPS) is 21.8. The summed E-state index contributed by atoms with van der Waals surface area (Å²) in [6, 6.07) is 7.92. The van der Waals surface area contributed by atoms with Crippen LogP contribution in [0.5, 0.6) is 0 Å². The van der Waals surface area contributed by atoms with Gasteiger partial charge in [-0.25, -0.2) is 4.98 Å². The van der Waals surface area contributed by atoms with Gasteiger partial charge in [0.25, 0.3) is 0 Å². The molecule has 1 aromatic heterocycles. The molecule has 1 aromatic carbocycles. The predicted octanol–water partition coefficient (Wildman–Crippen LogP) is 2.62. The number of nitriles is 1. The largest absolute Gasteiger partial charge is 0.375 e. The predicted molar refractivity (Wildman–Crippen MR) is 77.2 cm³/mol. The molecular formula is C15H18N4O. The number of anilines is 1. The molecule has 20 heavy (non-hydrogen) atoms. The van der Waals surface area contributed by atoms with E-state index in [2.05, 4.69) is 29.5 Å². The lowest BCUT2D eigenvalue weighted by molar-refractivity contribution is -0.0682. The highest BCUT2D eigenvalue weighted by molar-refractivity contribution is 5.80.